The third kappa shape index (κ3) is 6.25. The number of hydrogen-bond donors (Lipinski definition) is 2. The molecule has 172 valence electrons. The molecule has 2 amide bonds. The van der Waals surface area contributed by atoms with Gasteiger partial charge in [-0.3, -0.25) is 14.5 Å². The van der Waals surface area contributed by atoms with Gasteiger partial charge in [0.2, 0.25) is 0 Å². The minimum absolute atomic E-state index is 0.223. The van der Waals surface area contributed by atoms with Crippen LogP contribution in [-0.4, -0.2) is 49.6 Å². The summed E-state index contributed by atoms with van der Waals surface area (Å²) in [6.07, 6.45) is 0.951. The lowest BCUT2D eigenvalue weighted by molar-refractivity contribution is 0.0384. The Morgan fingerprint density at radius 2 is 1.79 bits per heavy atom. The van der Waals surface area contributed by atoms with Crippen molar-refractivity contribution in [1.29, 1.82) is 0 Å². The molecule has 8 heteroatoms. The molecule has 2 heterocycles. The number of nitrogens with zero attached hydrogens (tertiary/aromatic N) is 1. The van der Waals surface area contributed by atoms with Crippen LogP contribution in [0.1, 0.15) is 31.2 Å². The van der Waals surface area contributed by atoms with Crippen LogP contribution in [0.25, 0.3) is 0 Å². The molecule has 0 aliphatic carbocycles. The van der Waals surface area contributed by atoms with Crippen LogP contribution in [0.15, 0.2) is 54.6 Å². The van der Waals surface area contributed by atoms with E-state index in [0.717, 1.165) is 44.8 Å². The number of carbonyl (C=O) groups is 2. The molecule has 0 atom stereocenters. The normalized spacial score (nSPS) is 14.1. The molecule has 33 heavy (non-hydrogen) atoms. The predicted molar refractivity (Wildman–Crippen MR) is 129 cm³/mol. The fourth-order valence-electron chi connectivity index (χ4n) is 3.64. The molecule has 1 aromatic heterocycles. The summed E-state index contributed by atoms with van der Waals surface area (Å²) in [5.41, 5.74) is 2.91. The smallest absolute Gasteiger partial charge is 0.266 e. The zero-order valence-corrected chi connectivity index (χ0v) is 19.2. The second-order valence-corrected chi connectivity index (χ2v) is 8.99. The fraction of sp³-hybridized carbons (Fsp3) is 0.280. The number of ether oxygens (including phenoxy) is 1. The average molecular weight is 468 g/mol. The SMILES string of the molecule is Cc1cc(NC(=O)c2cccc(F)c2)sc1C(=O)Nc1ccc(CCN2CCOCC2)cc1. The minimum atomic E-state index is -0.475. The second kappa shape index (κ2) is 10.7. The third-order valence-electron chi connectivity index (χ3n) is 5.48. The van der Waals surface area contributed by atoms with Crippen molar-refractivity contribution >= 4 is 33.8 Å². The van der Waals surface area contributed by atoms with Gasteiger partial charge in [-0.1, -0.05) is 18.2 Å². The van der Waals surface area contributed by atoms with E-state index < -0.39 is 11.7 Å². The molecule has 1 fully saturated rings. The third-order valence-corrected chi connectivity index (χ3v) is 6.63. The van der Waals surface area contributed by atoms with Gasteiger partial charge in [0.05, 0.1) is 23.1 Å². The summed E-state index contributed by atoms with van der Waals surface area (Å²) in [4.78, 5) is 28.0. The first-order valence-electron chi connectivity index (χ1n) is 10.9. The summed E-state index contributed by atoms with van der Waals surface area (Å²) in [7, 11) is 0. The summed E-state index contributed by atoms with van der Waals surface area (Å²) in [5, 5.41) is 6.19. The molecule has 0 bridgehead atoms. The molecule has 0 spiro atoms. The number of nitrogens with one attached hydrogen (secondary N) is 2. The number of benzene rings is 2. The van der Waals surface area contributed by atoms with E-state index >= 15 is 0 Å². The van der Waals surface area contributed by atoms with Crippen LogP contribution in [0.2, 0.25) is 0 Å². The number of amides is 2. The minimum Gasteiger partial charge on any atom is -0.379 e. The number of carbonyl (C=O) groups excluding carboxylic acids is 2. The highest BCUT2D eigenvalue weighted by atomic mass is 32.1. The highest BCUT2D eigenvalue weighted by Crippen LogP contribution is 2.28. The van der Waals surface area contributed by atoms with Crippen LogP contribution in [0.5, 0.6) is 0 Å². The van der Waals surface area contributed by atoms with Gasteiger partial charge >= 0.3 is 0 Å². The quantitative estimate of drug-likeness (QED) is 0.534. The highest BCUT2D eigenvalue weighted by Gasteiger charge is 2.16. The zero-order chi connectivity index (χ0) is 23.2. The average Bonchev–Trinajstić information content (AvgIpc) is 3.19. The van der Waals surface area contributed by atoms with Crippen molar-refractivity contribution in [3.05, 3.63) is 82.0 Å². The molecule has 1 aliphatic heterocycles. The van der Waals surface area contributed by atoms with Gasteiger partial charge in [0.1, 0.15) is 5.82 Å². The molecule has 1 aliphatic rings. The number of halogens is 1. The Labute approximate surface area is 196 Å². The fourth-order valence-corrected chi connectivity index (χ4v) is 4.60. The molecule has 4 rings (SSSR count). The van der Waals surface area contributed by atoms with Crippen LogP contribution >= 0.6 is 11.3 Å². The topological polar surface area (TPSA) is 70.7 Å². The Kier molecular flexibility index (Phi) is 7.49. The number of aryl methyl sites for hydroxylation is 1. The molecule has 2 N–H and O–H groups in total. The molecule has 3 aromatic rings. The van der Waals surface area contributed by atoms with E-state index in [2.05, 4.69) is 15.5 Å². The summed E-state index contributed by atoms with van der Waals surface area (Å²) in [5.74, 6) is -1.13. The van der Waals surface area contributed by atoms with Crippen LogP contribution in [0, 0.1) is 12.7 Å². The van der Waals surface area contributed by atoms with Gasteiger partial charge in [0.15, 0.2) is 0 Å². The van der Waals surface area contributed by atoms with Gasteiger partial charge in [-0.2, -0.15) is 0 Å². The molecular weight excluding hydrogens is 441 g/mol. The number of hydrogen-bond acceptors (Lipinski definition) is 5. The Morgan fingerprint density at radius 3 is 2.52 bits per heavy atom. The van der Waals surface area contributed by atoms with Crippen molar-refractivity contribution in [3.63, 3.8) is 0 Å². The van der Waals surface area contributed by atoms with E-state index in [1.54, 1.807) is 6.07 Å². The van der Waals surface area contributed by atoms with Crippen molar-refractivity contribution < 1.29 is 18.7 Å². The maximum absolute atomic E-state index is 13.4. The Hall–Kier alpha value is -3.07. The van der Waals surface area contributed by atoms with Crippen LogP contribution in [0.4, 0.5) is 15.1 Å². The first kappa shape index (κ1) is 23.1. The van der Waals surface area contributed by atoms with Gasteiger partial charge in [-0.15, -0.1) is 11.3 Å². The number of rotatable bonds is 7. The van der Waals surface area contributed by atoms with Crippen molar-refractivity contribution in [2.45, 2.75) is 13.3 Å². The maximum Gasteiger partial charge on any atom is 0.266 e. The number of anilines is 2. The summed E-state index contributed by atoms with van der Waals surface area (Å²) in [6, 6.07) is 15.1. The van der Waals surface area contributed by atoms with Gasteiger partial charge < -0.3 is 15.4 Å². The van der Waals surface area contributed by atoms with Gasteiger partial charge in [-0.05, 0) is 60.9 Å². The number of thiophene rings is 1. The molecule has 0 saturated carbocycles. The van der Waals surface area contributed by atoms with E-state index in [0.29, 0.717) is 15.6 Å². The maximum atomic E-state index is 13.4. The molecular formula is C25H26FN3O3S. The van der Waals surface area contributed by atoms with Crippen molar-refractivity contribution in [2.75, 3.05) is 43.5 Å². The lowest BCUT2D eigenvalue weighted by atomic mass is 10.1. The molecule has 2 aromatic carbocycles. The summed E-state index contributed by atoms with van der Waals surface area (Å²) in [6.45, 7) is 6.34. The van der Waals surface area contributed by atoms with Gasteiger partial charge in [0, 0.05) is 30.9 Å². The standard InChI is InChI=1S/C25H26FN3O3S/c1-17-15-22(28-24(30)19-3-2-4-20(26)16-19)33-23(17)25(31)27-21-7-5-18(6-8-21)9-10-29-11-13-32-14-12-29/h2-8,15-16H,9-14H2,1H3,(H,27,31)(H,28,30). The first-order valence-corrected chi connectivity index (χ1v) is 11.7. The molecule has 1 saturated heterocycles. The highest BCUT2D eigenvalue weighted by molar-refractivity contribution is 7.18. The lowest BCUT2D eigenvalue weighted by Gasteiger charge is -2.26. The molecule has 6 nitrogen and oxygen atoms in total. The summed E-state index contributed by atoms with van der Waals surface area (Å²) < 4.78 is 18.7. The first-order chi connectivity index (χ1) is 16.0. The lowest BCUT2D eigenvalue weighted by Crippen LogP contribution is -2.37. The molecule has 0 unspecified atom stereocenters. The van der Waals surface area contributed by atoms with Crippen molar-refractivity contribution in [3.8, 4) is 0 Å². The van der Waals surface area contributed by atoms with E-state index in [9.17, 15) is 14.0 Å². The van der Waals surface area contributed by atoms with Gasteiger partial charge in [0.25, 0.3) is 11.8 Å². The summed E-state index contributed by atoms with van der Waals surface area (Å²) >= 11 is 1.19. The van der Waals surface area contributed by atoms with Crippen molar-refractivity contribution in [1.82, 2.24) is 4.90 Å². The Bertz CT molecular complexity index is 1120. The predicted octanol–water partition coefficient (Wildman–Crippen LogP) is 4.57. The van der Waals surface area contributed by atoms with Crippen LogP contribution in [-0.2, 0) is 11.2 Å². The zero-order valence-electron chi connectivity index (χ0n) is 18.4. The van der Waals surface area contributed by atoms with E-state index in [1.807, 2.05) is 31.2 Å². The molecule has 0 radical (unpaired) electrons. The van der Waals surface area contributed by atoms with Crippen LogP contribution in [0.3, 0.4) is 0 Å². The van der Waals surface area contributed by atoms with E-state index in [1.165, 1.54) is 41.2 Å². The van der Waals surface area contributed by atoms with E-state index in [4.69, 9.17) is 4.74 Å². The largest absolute Gasteiger partial charge is 0.379 e. The van der Waals surface area contributed by atoms with Crippen molar-refractivity contribution in [2.24, 2.45) is 0 Å². The Balaban J connectivity index is 1.33. The van der Waals surface area contributed by atoms with Crippen LogP contribution < -0.4 is 10.6 Å². The number of morpholine rings is 1. The Morgan fingerprint density at radius 1 is 1.03 bits per heavy atom. The second-order valence-electron chi connectivity index (χ2n) is 7.94. The van der Waals surface area contributed by atoms with Gasteiger partial charge in [-0.25, -0.2) is 4.39 Å². The monoisotopic (exact) mass is 467 g/mol. The van der Waals surface area contributed by atoms with E-state index in [-0.39, 0.29) is 11.5 Å².